The van der Waals surface area contributed by atoms with Crippen molar-refractivity contribution in [2.75, 3.05) is 26.8 Å². The molecule has 0 radical (unpaired) electrons. The topological polar surface area (TPSA) is 29.5 Å². The van der Waals surface area contributed by atoms with Crippen molar-refractivity contribution in [1.82, 2.24) is 4.90 Å². The van der Waals surface area contributed by atoms with Gasteiger partial charge in [0.2, 0.25) is 0 Å². The Balaban J connectivity index is 1.85. The smallest absolute Gasteiger partial charge is 0.134 e. The van der Waals surface area contributed by atoms with E-state index in [-0.39, 0.29) is 0 Å². The van der Waals surface area contributed by atoms with Gasteiger partial charge in [0.05, 0.1) is 6.61 Å². The summed E-state index contributed by atoms with van der Waals surface area (Å²) < 4.78 is 5.24. The summed E-state index contributed by atoms with van der Waals surface area (Å²) in [5, 5.41) is 0. The summed E-state index contributed by atoms with van der Waals surface area (Å²) in [6.07, 6.45) is 6.45. The van der Waals surface area contributed by atoms with Gasteiger partial charge >= 0.3 is 0 Å². The van der Waals surface area contributed by atoms with Crippen LogP contribution in [0.25, 0.3) is 0 Å². The summed E-state index contributed by atoms with van der Waals surface area (Å²) in [6, 6.07) is 0.529. The lowest BCUT2D eigenvalue weighted by Gasteiger charge is -2.39. The fourth-order valence-corrected chi connectivity index (χ4v) is 3.11. The van der Waals surface area contributed by atoms with Gasteiger partial charge in [0.1, 0.15) is 5.78 Å². The molecular weight excluding hydrogens is 202 g/mol. The van der Waals surface area contributed by atoms with E-state index in [4.69, 9.17) is 4.74 Å². The second-order valence-electron chi connectivity index (χ2n) is 5.25. The molecule has 1 aliphatic carbocycles. The highest BCUT2D eigenvalue weighted by atomic mass is 16.5. The maximum absolute atomic E-state index is 11.5. The average Bonchev–Trinajstić information content (AvgIpc) is 2.30. The number of carbonyl (C=O) groups is 1. The number of ketones is 1. The third kappa shape index (κ3) is 3.05. The molecule has 3 heteroatoms. The molecule has 3 nitrogen and oxygen atoms in total. The van der Waals surface area contributed by atoms with Gasteiger partial charge in [0.25, 0.3) is 0 Å². The van der Waals surface area contributed by atoms with E-state index in [0.717, 1.165) is 32.4 Å². The zero-order valence-corrected chi connectivity index (χ0v) is 10.3. The molecule has 1 saturated heterocycles. The van der Waals surface area contributed by atoms with Crippen LogP contribution in [0.4, 0.5) is 0 Å². The standard InChI is InChI=1S/C13H23NO2/c1-16-10-11-4-3-7-14(9-11)12-5-2-6-13(15)8-12/h11-12H,2-10H2,1H3. The molecule has 16 heavy (non-hydrogen) atoms. The summed E-state index contributed by atoms with van der Waals surface area (Å²) >= 11 is 0. The monoisotopic (exact) mass is 225 g/mol. The number of likely N-dealkylation sites (tertiary alicyclic amines) is 1. The Morgan fingerprint density at radius 2 is 2.25 bits per heavy atom. The SMILES string of the molecule is COCC1CCCN(C2CCCC(=O)C2)C1. The third-order valence-electron chi connectivity index (χ3n) is 3.93. The maximum atomic E-state index is 11.5. The number of rotatable bonds is 3. The van der Waals surface area contributed by atoms with E-state index in [0.29, 0.717) is 17.7 Å². The third-order valence-corrected chi connectivity index (χ3v) is 3.93. The van der Waals surface area contributed by atoms with Crippen LogP contribution in [0.1, 0.15) is 38.5 Å². The molecule has 0 bridgehead atoms. The van der Waals surface area contributed by atoms with Gasteiger partial charge in [-0.2, -0.15) is 0 Å². The fraction of sp³-hybridized carbons (Fsp3) is 0.923. The van der Waals surface area contributed by atoms with Crippen LogP contribution in [0.2, 0.25) is 0 Å². The number of ether oxygens (including phenoxy) is 1. The fourth-order valence-electron chi connectivity index (χ4n) is 3.11. The quantitative estimate of drug-likeness (QED) is 0.734. The van der Waals surface area contributed by atoms with Crippen LogP contribution in [0.5, 0.6) is 0 Å². The molecule has 0 aromatic rings. The van der Waals surface area contributed by atoms with Crippen molar-refractivity contribution < 1.29 is 9.53 Å². The molecule has 92 valence electrons. The van der Waals surface area contributed by atoms with Crippen molar-refractivity contribution >= 4 is 5.78 Å². The minimum absolute atomic E-state index is 0.463. The normalized spacial score (nSPS) is 32.9. The van der Waals surface area contributed by atoms with E-state index >= 15 is 0 Å². The van der Waals surface area contributed by atoms with E-state index in [9.17, 15) is 4.79 Å². The number of carbonyl (C=O) groups excluding carboxylic acids is 1. The summed E-state index contributed by atoms with van der Waals surface area (Å²) in [4.78, 5) is 14.0. The van der Waals surface area contributed by atoms with E-state index in [1.54, 1.807) is 7.11 Å². The summed E-state index contributed by atoms with van der Waals surface area (Å²) in [6.45, 7) is 3.18. The van der Waals surface area contributed by atoms with Gasteiger partial charge in [-0.15, -0.1) is 0 Å². The molecule has 0 amide bonds. The first-order chi connectivity index (χ1) is 7.79. The Labute approximate surface area is 98.1 Å². The van der Waals surface area contributed by atoms with Crippen LogP contribution in [0.15, 0.2) is 0 Å². The Morgan fingerprint density at radius 1 is 1.38 bits per heavy atom. The minimum Gasteiger partial charge on any atom is -0.384 e. The number of Topliss-reactive ketones (excluding diaryl/α,β-unsaturated/α-hetero) is 1. The van der Waals surface area contributed by atoms with E-state index < -0.39 is 0 Å². The van der Waals surface area contributed by atoms with E-state index in [1.165, 1.54) is 25.8 Å². The lowest BCUT2D eigenvalue weighted by Crippen LogP contribution is -2.45. The van der Waals surface area contributed by atoms with Gasteiger partial charge in [-0.05, 0) is 38.1 Å². The number of piperidine rings is 1. The largest absolute Gasteiger partial charge is 0.384 e. The second-order valence-corrected chi connectivity index (χ2v) is 5.25. The number of nitrogens with zero attached hydrogens (tertiary/aromatic N) is 1. The molecule has 2 fully saturated rings. The molecule has 1 saturated carbocycles. The van der Waals surface area contributed by atoms with Crippen molar-refractivity contribution in [2.24, 2.45) is 5.92 Å². The van der Waals surface area contributed by atoms with Crippen molar-refractivity contribution in [2.45, 2.75) is 44.6 Å². The first-order valence-corrected chi connectivity index (χ1v) is 6.54. The predicted molar refractivity (Wildman–Crippen MR) is 63.4 cm³/mol. The van der Waals surface area contributed by atoms with Crippen molar-refractivity contribution in [3.8, 4) is 0 Å². The summed E-state index contributed by atoms with van der Waals surface area (Å²) in [5.41, 5.74) is 0. The molecule has 2 unspecified atom stereocenters. The Bertz CT molecular complexity index is 240. The lowest BCUT2D eigenvalue weighted by molar-refractivity contribution is -0.122. The van der Waals surface area contributed by atoms with E-state index in [2.05, 4.69) is 4.90 Å². The van der Waals surface area contributed by atoms with Crippen molar-refractivity contribution in [1.29, 1.82) is 0 Å². The van der Waals surface area contributed by atoms with Crippen molar-refractivity contribution in [3.05, 3.63) is 0 Å². The van der Waals surface area contributed by atoms with Gasteiger partial charge in [0, 0.05) is 32.5 Å². The molecule has 1 aliphatic heterocycles. The lowest BCUT2D eigenvalue weighted by atomic mass is 9.90. The van der Waals surface area contributed by atoms with Gasteiger partial charge in [-0.25, -0.2) is 0 Å². The summed E-state index contributed by atoms with van der Waals surface area (Å²) in [7, 11) is 1.78. The average molecular weight is 225 g/mol. The van der Waals surface area contributed by atoms with Crippen LogP contribution >= 0.6 is 0 Å². The minimum atomic E-state index is 0.463. The Hall–Kier alpha value is -0.410. The Morgan fingerprint density at radius 3 is 3.00 bits per heavy atom. The second kappa shape index (κ2) is 5.78. The molecule has 1 heterocycles. The number of hydrogen-bond donors (Lipinski definition) is 0. The zero-order valence-electron chi connectivity index (χ0n) is 10.3. The zero-order chi connectivity index (χ0) is 11.4. The highest BCUT2D eigenvalue weighted by Crippen LogP contribution is 2.25. The predicted octanol–water partition coefficient (Wildman–Crippen LogP) is 1.86. The highest BCUT2D eigenvalue weighted by Gasteiger charge is 2.29. The van der Waals surface area contributed by atoms with Gasteiger partial charge < -0.3 is 4.74 Å². The van der Waals surface area contributed by atoms with Crippen molar-refractivity contribution in [3.63, 3.8) is 0 Å². The molecule has 0 spiro atoms. The molecule has 0 aromatic heterocycles. The van der Waals surface area contributed by atoms with Crippen LogP contribution in [-0.4, -0.2) is 43.5 Å². The van der Waals surface area contributed by atoms with Gasteiger partial charge in [0.15, 0.2) is 0 Å². The van der Waals surface area contributed by atoms with Crippen LogP contribution < -0.4 is 0 Å². The molecular formula is C13H23NO2. The first-order valence-electron chi connectivity index (χ1n) is 6.54. The van der Waals surface area contributed by atoms with Gasteiger partial charge in [-0.3, -0.25) is 9.69 Å². The highest BCUT2D eigenvalue weighted by molar-refractivity contribution is 5.79. The van der Waals surface area contributed by atoms with Crippen LogP contribution in [0.3, 0.4) is 0 Å². The number of methoxy groups -OCH3 is 1. The Kier molecular flexibility index (Phi) is 4.36. The number of hydrogen-bond acceptors (Lipinski definition) is 3. The molecule has 2 rings (SSSR count). The maximum Gasteiger partial charge on any atom is 0.134 e. The van der Waals surface area contributed by atoms with E-state index in [1.807, 2.05) is 0 Å². The van der Waals surface area contributed by atoms with Crippen LogP contribution in [-0.2, 0) is 9.53 Å². The summed E-state index contributed by atoms with van der Waals surface area (Å²) in [5.74, 6) is 1.14. The van der Waals surface area contributed by atoms with Gasteiger partial charge in [-0.1, -0.05) is 0 Å². The first kappa shape index (κ1) is 12.1. The molecule has 2 atom stereocenters. The molecule has 0 aromatic carbocycles. The molecule has 0 N–H and O–H groups in total. The molecule has 2 aliphatic rings. The van der Waals surface area contributed by atoms with Crippen LogP contribution in [0, 0.1) is 5.92 Å².